The quantitative estimate of drug-likeness (QED) is 0.811. The van der Waals surface area contributed by atoms with Crippen molar-refractivity contribution in [2.45, 2.75) is 38.1 Å². The number of piperazine rings is 1. The molecule has 6 heteroatoms. The average Bonchev–Trinajstić information content (AvgIpc) is 3.38. The van der Waals surface area contributed by atoms with Gasteiger partial charge >= 0.3 is 0 Å². The lowest BCUT2D eigenvalue weighted by atomic mass is 10.1. The minimum Gasteiger partial charge on any atom is -0.338 e. The molecule has 0 N–H and O–H groups in total. The van der Waals surface area contributed by atoms with Gasteiger partial charge in [-0.25, -0.2) is 0 Å². The highest BCUT2D eigenvalue weighted by atomic mass is 16.5. The Morgan fingerprint density at radius 1 is 1.17 bits per heavy atom. The number of hydrogen-bond acceptors (Lipinski definition) is 6. The highest BCUT2D eigenvalue weighted by Gasteiger charge is 2.31. The summed E-state index contributed by atoms with van der Waals surface area (Å²) in [6, 6.07) is 4.42. The molecule has 0 radical (unpaired) electrons. The summed E-state index contributed by atoms with van der Waals surface area (Å²) in [5.74, 6) is 2.25. The smallest absolute Gasteiger partial charge is 0.243 e. The molecule has 2 aromatic rings. The van der Waals surface area contributed by atoms with Gasteiger partial charge in [-0.1, -0.05) is 5.16 Å². The molecule has 0 unspecified atom stereocenters. The van der Waals surface area contributed by atoms with Gasteiger partial charge in [0, 0.05) is 51.0 Å². The average molecular weight is 327 g/mol. The first kappa shape index (κ1) is 15.7. The number of hydrogen-bond donors (Lipinski definition) is 0. The molecule has 2 fully saturated rings. The Hall–Kier alpha value is -1.79. The summed E-state index contributed by atoms with van der Waals surface area (Å²) < 4.78 is 5.49. The first-order valence-electron chi connectivity index (χ1n) is 8.98. The van der Waals surface area contributed by atoms with Crippen LogP contribution < -0.4 is 0 Å². The molecule has 3 heterocycles. The zero-order valence-corrected chi connectivity index (χ0v) is 14.3. The van der Waals surface area contributed by atoms with Gasteiger partial charge in [-0.05, 0) is 43.9 Å². The predicted octanol–water partition coefficient (Wildman–Crippen LogP) is 2.26. The third kappa shape index (κ3) is 3.65. The molecule has 0 spiro atoms. The highest BCUT2D eigenvalue weighted by Crippen LogP contribution is 2.38. The monoisotopic (exact) mass is 327 g/mol. The zero-order valence-electron chi connectivity index (χ0n) is 14.3. The van der Waals surface area contributed by atoms with Crippen LogP contribution >= 0.6 is 0 Å². The SMILES string of the molecule is C[C@H](c1nc(C2CC2)no1)N1CCN(CCc2ccncc2)CC1. The Kier molecular flexibility index (Phi) is 4.58. The molecule has 0 bridgehead atoms. The Morgan fingerprint density at radius 3 is 2.62 bits per heavy atom. The Bertz CT molecular complexity index is 646. The van der Waals surface area contributed by atoms with Crippen LogP contribution in [0.5, 0.6) is 0 Å². The fourth-order valence-electron chi connectivity index (χ4n) is 3.29. The standard InChI is InChI=1S/C18H25N5O/c1-14(18-20-17(21-24-18)16-2-3-16)23-12-10-22(11-13-23)9-6-15-4-7-19-8-5-15/h4-5,7-8,14,16H,2-3,6,9-13H2,1H3/t14-/m1/s1. The van der Waals surface area contributed by atoms with Crippen LogP contribution in [0.15, 0.2) is 29.0 Å². The van der Waals surface area contributed by atoms with Gasteiger partial charge in [0.1, 0.15) is 0 Å². The van der Waals surface area contributed by atoms with E-state index in [-0.39, 0.29) is 6.04 Å². The molecule has 2 aromatic heterocycles. The molecule has 24 heavy (non-hydrogen) atoms. The van der Waals surface area contributed by atoms with Crippen LogP contribution in [0, 0.1) is 0 Å². The number of pyridine rings is 1. The van der Waals surface area contributed by atoms with E-state index >= 15 is 0 Å². The van der Waals surface area contributed by atoms with Crippen molar-refractivity contribution in [1.29, 1.82) is 0 Å². The minimum absolute atomic E-state index is 0.215. The molecule has 2 aliphatic rings. The summed E-state index contributed by atoms with van der Waals surface area (Å²) in [4.78, 5) is 13.7. The second-order valence-corrected chi connectivity index (χ2v) is 6.92. The Morgan fingerprint density at radius 2 is 1.92 bits per heavy atom. The van der Waals surface area contributed by atoms with Crippen molar-refractivity contribution in [3.8, 4) is 0 Å². The Balaban J connectivity index is 1.26. The van der Waals surface area contributed by atoms with Crippen LogP contribution in [0.2, 0.25) is 0 Å². The highest BCUT2D eigenvalue weighted by molar-refractivity contribution is 5.10. The lowest BCUT2D eigenvalue weighted by molar-refractivity contribution is 0.0890. The molecule has 128 valence electrons. The number of aromatic nitrogens is 3. The molecule has 6 nitrogen and oxygen atoms in total. The normalized spacial score (nSPS) is 21.0. The largest absolute Gasteiger partial charge is 0.338 e. The number of nitrogens with zero attached hydrogens (tertiary/aromatic N) is 5. The Labute approximate surface area is 142 Å². The fraction of sp³-hybridized carbons (Fsp3) is 0.611. The van der Waals surface area contributed by atoms with Crippen molar-refractivity contribution >= 4 is 0 Å². The minimum atomic E-state index is 0.215. The van der Waals surface area contributed by atoms with E-state index < -0.39 is 0 Å². The summed E-state index contributed by atoms with van der Waals surface area (Å²) >= 11 is 0. The van der Waals surface area contributed by atoms with E-state index in [0.717, 1.165) is 50.9 Å². The molecule has 1 saturated carbocycles. The van der Waals surface area contributed by atoms with E-state index in [1.807, 2.05) is 12.4 Å². The van der Waals surface area contributed by atoms with Crippen molar-refractivity contribution in [2.75, 3.05) is 32.7 Å². The first-order valence-corrected chi connectivity index (χ1v) is 8.98. The summed E-state index contributed by atoms with van der Waals surface area (Å²) in [6.45, 7) is 7.59. The maximum Gasteiger partial charge on any atom is 0.243 e. The maximum atomic E-state index is 5.49. The van der Waals surface area contributed by atoms with E-state index in [9.17, 15) is 0 Å². The van der Waals surface area contributed by atoms with E-state index in [4.69, 9.17) is 4.52 Å². The summed E-state index contributed by atoms with van der Waals surface area (Å²) in [7, 11) is 0. The molecule has 1 aliphatic heterocycles. The van der Waals surface area contributed by atoms with Gasteiger partial charge in [-0.2, -0.15) is 4.98 Å². The van der Waals surface area contributed by atoms with Crippen molar-refractivity contribution in [3.05, 3.63) is 41.8 Å². The van der Waals surface area contributed by atoms with Gasteiger partial charge in [-0.3, -0.25) is 9.88 Å². The van der Waals surface area contributed by atoms with Crippen LogP contribution in [0.25, 0.3) is 0 Å². The van der Waals surface area contributed by atoms with Crippen molar-refractivity contribution in [2.24, 2.45) is 0 Å². The first-order chi connectivity index (χ1) is 11.8. The van der Waals surface area contributed by atoms with Crippen LogP contribution in [0.3, 0.4) is 0 Å². The van der Waals surface area contributed by atoms with Crippen LogP contribution in [0.1, 0.15) is 49.0 Å². The van der Waals surface area contributed by atoms with Gasteiger partial charge in [0.15, 0.2) is 5.82 Å². The van der Waals surface area contributed by atoms with Gasteiger partial charge in [0.25, 0.3) is 0 Å². The van der Waals surface area contributed by atoms with Crippen molar-refractivity contribution < 1.29 is 4.52 Å². The zero-order chi connectivity index (χ0) is 16.4. The predicted molar refractivity (Wildman–Crippen MR) is 90.6 cm³/mol. The summed E-state index contributed by atoms with van der Waals surface area (Å²) in [5, 5.41) is 4.14. The maximum absolute atomic E-state index is 5.49. The van der Waals surface area contributed by atoms with Crippen molar-refractivity contribution in [1.82, 2.24) is 24.9 Å². The fourth-order valence-corrected chi connectivity index (χ4v) is 3.29. The molecule has 0 amide bonds. The van der Waals surface area contributed by atoms with Gasteiger partial charge in [-0.15, -0.1) is 0 Å². The van der Waals surface area contributed by atoms with Crippen LogP contribution in [0.4, 0.5) is 0 Å². The van der Waals surface area contributed by atoms with Crippen LogP contribution in [-0.4, -0.2) is 57.6 Å². The molecule has 4 rings (SSSR count). The van der Waals surface area contributed by atoms with E-state index in [1.54, 1.807) is 0 Å². The summed E-state index contributed by atoms with van der Waals surface area (Å²) in [6.07, 6.45) is 7.25. The molecule has 0 aromatic carbocycles. The lowest BCUT2D eigenvalue weighted by Gasteiger charge is -2.36. The summed E-state index contributed by atoms with van der Waals surface area (Å²) in [5.41, 5.74) is 1.36. The van der Waals surface area contributed by atoms with Gasteiger partial charge < -0.3 is 9.42 Å². The molecule has 1 aliphatic carbocycles. The van der Waals surface area contributed by atoms with Gasteiger partial charge in [0.05, 0.1) is 6.04 Å². The number of rotatable bonds is 6. The van der Waals surface area contributed by atoms with Crippen LogP contribution in [-0.2, 0) is 6.42 Å². The van der Waals surface area contributed by atoms with Crippen molar-refractivity contribution in [3.63, 3.8) is 0 Å². The molecular formula is C18H25N5O. The molecule has 1 saturated heterocycles. The second kappa shape index (κ2) is 6.99. The van der Waals surface area contributed by atoms with E-state index in [0.29, 0.717) is 5.92 Å². The third-order valence-corrected chi connectivity index (χ3v) is 5.18. The van der Waals surface area contributed by atoms with E-state index in [1.165, 1.54) is 18.4 Å². The molecule has 1 atom stereocenters. The lowest BCUT2D eigenvalue weighted by Crippen LogP contribution is -2.47. The second-order valence-electron chi connectivity index (χ2n) is 6.92. The van der Waals surface area contributed by atoms with Gasteiger partial charge in [0.2, 0.25) is 5.89 Å². The third-order valence-electron chi connectivity index (χ3n) is 5.18. The molecular weight excluding hydrogens is 302 g/mol. The van der Waals surface area contributed by atoms with E-state index in [2.05, 4.69) is 44.0 Å². The topological polar surface area (TPSA) is 58.3 Å².